The SMILES string of the molecule is Cc1ccccc1Nc1cccc2c1sc1c(C(F)(F)F)cccc12. The first-order chi connectivity index (χ1) is 11.9. The van der Waals surface area contributed by atoms with E-state index in [4.69, 9.17) is 0 Å². The molecule has 126 valence electrons. The van der Waals surface area contributed by atoms with Gasteiger partial charge in [0.15, 0.2) is 0 Å². The molecule has 4 aromatic rings. The average Bonchev–Trinajstić information content (AvgIpc) is 2.96. The zero-order valence-corrected chi connectivity index (χ0v) is 14.1. The highest BCUT2D eigenvalue weighted by molar-refractivity contribution is 7.26. The first kappa shape index (κ1) is 16.0. The fourth-order valence-electron chi connectivity index (χ4n) is 3.00. The van der Waals surface area contributed by atoms with Crippen LogP contribution in [0.25, 0.3) is 20.2 Å². The van der Waals surface area contributed by atoms with Crippen molar-refractivity contribution in [2.75, 3.05) is 5.32 Å². The van der Waals surface area contributed by atoms with E-state index in [1.54, 1.807) is 6.07 Å². The maximum atomic E-state index is 13.3. The van der Waals surface area contributed by atoms with Crippen molar-refractivity contribution in [3.05, 3.63) is 71.8 Å². The minimum Gasteiger partial charge on any atom is -0.354 e. The average molecular weight is 357 g/mol. The number of fused-ring (bicyclic) bond motifs is 3. The highest BCUT2D eigenvalue weighted by Gasteiger charge is 2.33. The second-order valence-electron chi connectivity index (χ2n) is 5.90. The van der Waals surface area contributed by atoms with Crippen LogP contribution in [0.5, 0.6) is 0 Å². The van der Waals surface area contributed by atoms with Gasteiger partial charge in [-0.15, -0.1) is 11.3 Å². The van der Waals surface area contributed by atoms with Crippen molar-refractivity contribution in [3.63, 3.8) is 0 Å². The summed E-state index contributed by atoms with van der Waals surface area (Å²) < 4.78 is 41.1. The number of nitrogens with one attached hydrogen (secondary N) is 1. The van der Waals surface area contributed by atoms with Gasteiger partial charge < -0.3 is 5.32 Å². The summed E-state index contributed by atoms with van der Waals surface area (Å²) in [5.41, 5.74) is 2.27. The van der Waals surface area contributed by atoms with Gasteiger partial charge in [-0.1, -0.05) is 42.5 Å². The number of benzene rings is 3. The quantitative estimate of drug-likeness (QED) is 0.402. The van der Waals surface area contributed by atoms with Crippen LogP contribution in [0.4, 0.5) is 24.5 Å². The Hall–Kier alpha value is -2.53. The number of halogens is 3. The largest absolute Gasteiger partial charge is 0.417 e. The fourth-order valence-corrected chi connectivity index (χ4v) is 4.30. The molecule has 1 nitrogen and oxygen atoms in total. The van der Waals surface area contributed by atoms with Crippen molar-refractivity contribution >= 4 is 42.9 Å². The van der Waals surface area contributed by atoms with Crippen molar-refractivity contribution in [1.29, 1.82) is 0 Å². The highest BCUT2D eigenvalue weighted by atomic mass is 32.1. The van der Waals surface area contributed by atoms with Crippen molar-refractivity contribution < 1.29 is 13.2 Å². The third-order valence-electron chi connectivity index (χ3n) is 4.24. The van der Waals surface area contributed by atoms with Crippen molar-refractivity contribution in [1.82, 2.24) is 0 Å². The first-order valence-corrected chi connectivity index (χ1v) is 8.61. The summed E-state index contributed by atoms with van der Waals surface area (Å²) in [6.07, 6.45) is -4.36. The molecular formula is C20H14F3NS. The molecule has 1 aromatic heterocycles. The molecule has 0 bridgehead atoms. The Labute approximate surface area is 146 Å². The Bertz CT molecular complexity index is 1080. The van der Waals surface area contributed by atoms with E-state index in [-0.39, 0.29) is 4.70 Å². The van der Waals surface area contributed by atoms with Crippen LogP contribution in [0.3, 0.4) is 0 Å². The van der Waals surface area contributed by atoms with Crippen LogP contribution in [-0.4, -0.2) is 0 Å². The molecule has 3 aromatic carbocycles. The number of aryl methyl sites for hydroxylation is 1. The molecular weight excluding hydrogens is 343 g/mol. The van der Waals surface area contributed by atoms with E-state index in [0.717, 1.165) is 33.1 Å². The van der Waals surface area contributed by atoms with Crippen LogP contribution >= 0.6 is 11.3 Å². The molecule has 0 atom stereocenters. The predicted molar refractivity (Wildman–Crippen MR) is 98.8 cm³/mol. The third-order valence-corrected chi connectivity index (χ3v) is 5.53. The maximum absolute atomic E-state index is 13.3. The van der Waals surface area contributed by atoms with E-state index in [9.17, 15) is 13.2 Å². The standard InChI is InChI=1S/C20H14F3NS/c1-12-6-2-3-10-16(12)24-17-11-5-8-14-13-7-4-9-15(20(21,22)23)18(13)25-19(14)17/h2-11,24H,1H3. The molecule has 0 unspecified atom stereocenters. The van der Waals surface area contributed by atoms with Gasteiger partial charge >= 0.3 is 6.18 Å². The Kier molecular flexibility index (Phi) is 3.69. The van der Waals surface area contributed by atoms with Crippen LogP contribution in [0.1, 0.15) is 11.1 Å². The summed E-state index contributed by atoms with van der Waals surface area (Å²) in [5.74, 6) is 0. The topological polar surface area (TPSA) is 12.0 Å². The Morgan fingerprint density at radius 3 is 2.12 bits per heavy atom. The lowest BCUT2D eigenvalue weighted by molar-refractivity contribution is -0.136. The van der Waals surface area contributed by atoms with Crippen LogP contribution in [0.2, 0.25) is 0 Å². The second kappa shape index (κ2) is 5.77. The lowest BCUT2D eigenvalue weighted by Crippen LogP contribution is -2.04. The summed E-state index contributed by atoms with van der Waals surface area (Å²) in [5, 5.41) is 4.84. The van der Waals surface area contributed by atoms with E-state index < -0.39 is 11.7 Å². The Morgan fingerprint density at radius 2 is 1.40 bits per heavy atom. The number of thiophene rings is 1. The van der Waals surface area contributed by atoms with Crippen LogP contribution in [0.15, 0.2) is 60.7 Å². The molecule has 0 aliphatic heterocycles. The fraction of sp³-hybridized carbons (Fsp3) is 0.100. The number of hydrogen-bond donors (Lipinski definition) is 1. The summed E-state index contributed by atoms with van der Waals surface area (Å²) >= 11 is 1.18. The highest BCUT2D eigenvalue weighted by Crippen LogP contribution is 2.44. The van der Waals surface area contributed by atoms with Crippen LogP contribution in [0, 0.1) is 6.92 Å². The van der Waals surface area contributed by atoms with Crippen molar-refractivity contribution in [2.24, 2.45) is 0 Å². The van der Waals surface area contributed by atoms with Gasteiger partial charge in [0.25, 0.3) is 0 Å². The van der Waals surface area contributed by atoms with E-state index in [0.29, 0.717) is 5.39 Å². The van der Waals surface area contributed by atoms with Crippen LogP contribution < -0.4 is 5.32 Å². The van der Waals surface area contributed by atoms with E-state index in [1.165, 1.54) is 17.4 Å². The summed E-state index contributed by atoms with van der Waals surface area (Å²) in [6.45, 7) is 2.00. The predicted octanol–water partition coefficient (Wildman–Crippen LogP) is 7.13. The molecule has 0 aliphatic carbocycles. The van der Waals surface area contributed by atoms with Gasteiger partial charge in [-0.3, -0.25) is 0 Å². The second-order valence-corrected chi connectivity index (χ2v) is 6.92. The Balaban J connectivity index is 1.94. The Morgan fingerprint density at radius 1 is 0.760 bits per heavy atom. The summed E-state index contributed by atoms with van der Waals surface area (Å²) in [4.78, 5) is 0. The van der Waals surface area contributed by atoms with Gasteiger partial charge in [0.05, 0.1) is 16.0 Å². The van der Waals surface area contributed by atoms with Gasteiger partial charge in [0.2, 0.25) is 0 Å². The molecule has 1 N–H and O–H groups in total. The molecule has 5 heteroatoms. The lowest BCUT2D eigenvalue weighted by atomic mass is 10.1. The van der Waals surface area contributed by atoms with E-state index in [1.807, 2.05) is 49.4 Å². The van der Waals surface area contributed by atoms with E-state index in [2.05, 4.69) is 5.32 Å². The normalized spacial score (nSPS) is 12.0. The molecule has 0 amide bonds. The number of hydrogen-bond acceptors (Lipinski definition) is 2. The molecule has 0 spiro atoms. The summed E-state index contributed by atoms with van der Waals surface area (Å²) in [7, 11) is 0. The monoisotopic (exact) mass is 357 g/mol. The minimum atomic E-state index is -4.36. The van der Waals surface area contributed by atoms with Gasteiger partial charge in [0, 0.05) is 21.2 Å². The van der Waals surface area contributed by atoms with Gasteiger partial charge in [-0.25, -0.2) is 0 Å². The smallest absolute Gasteiger partial charge is 0.354 e. The molecule has 0 radical (unpaired) electrons. The minimum absolute atomic E-state index is 0.282. The summed E-state index contributed by atoms with van der Waals surface area (Å²) in [6, 6.07) is 17.9. The molecule has 0 saturated carbocycles. The molecule has 0 saturated heterocycles. The molecule has 0 aliphatic rings. The van der Waals surface area contributed by atoms with Crippen LogP contribution in [-0.2, 0) is 6.18 Å². The third kappa shape index (κ3) is 2.74. The molecule has 4 rings (SSSR count). The maximum Gasteiger partial charge on any atom is 0.417 e. The molecule has 0 fully saturated rings. The van der Waals surface area contributed by atoms with Crippen molar-refractivity contribution in [2.45, 2.75) is 13.1 Å². The number of para-hydroxylation sites is 1. The van der Waals surface area contributed by atoms with E-state index >= 15 is 0 Å². The van der Waals surface area contributed by atoms with Gasteiger partial charge in [-0.2, -0.15) is 13.2 Å². The van der Waals surface area contributed by atoms with Gasteiger partial charge in [-0.05, 0) is 30.7 Å². The molecule has 1 heterocycles. The zero-order chi connectivity index (χ0) is 17.6. The van der Waals surface area contributed by atoms with Gasteiger partial charge in [0.1, 0.15) is 0 Å². The molecule has 25 heavy (non-hydrogen) atoms. The number of alkyl halides is 3. The van der Waals surface area contributed by atoms with Crippen molar-refractivity contribution in [3.8, 4) is 0 Å². The first-order valence-electron chi connectivity index (χ1n) is 7.79. The zero-order valence-electron chi connectivity index (χ0n) is 13.3. The number of anilines is 2. The number of rotatable bonds is 2. The lowest BCUT2D eigenvalue weighted by Gasteiger charge is -2.10.